The van der Waals surface area contributed by atoms with Crippen LogP contribution in [0.25, 0.3) is 0 Å². The van der Waals surface area contributed by atoms with E-state index in [1.54, 1.807) is 13.4 Å². The first kappa shape index (κ1) is 16.3. The average molecular weight is 381 g/mol. The molecule has 0 spiro atoms. The lowest BCUT2D eigenvalue weighted by Crippen LogP contribution is -2.33. The Morgan fingerprint density at radius 3 is 2.74 bits per heavy atom. The van der Waals surface area contributed by atoms with E-state index in [0.29, 0.717) is 5.02 Å². The van der Waals surface area contributed by atoms with Crippen molar-refractivity contribution in [3.63, 3.8) is 0 Å². The van der Waals surface area contributed by atoms with Crippen LogP contribution in [0.4, 0.5) is 0 Å². The number of methoxy groups -OCH3 is 1. The van der Waals surface area contributed by atoms with Gasteiger partial charge in [-0.25, -0.2) is 5.01 Å². The maximum absolute atomic E-state index is 6.31. The van der Waals surface area contributed by atoms with Crippen LogP contribution in [-0.4, -0.2) is 17.8 Å². The third-order valence-electron chi connectivity index (χ3n) is 4.96. The summed E-state index contributed by atoms with van der Waals surface area (Å²) in [6.45, 7) is 0. The number of rotatable bonds is 3. The lowest BCUT2D eigenvalue weighted by Gasteiger charge is -2.38. The maximum atomic E-state index is 6.31. The van der Waals surface area contributed by atoms with E-state index in [1.165, 1.54) is 0 Å². The number of furan rings is 1. The SMILES string of the molecule is COc1ccc([C@@H]2Oc3ccc(Cl)cc3[C@@H]3CC(c4ccco4)=NN32)cc1. The second kappa shape index (κ2) is 6.35. The molecule has 0 radical (unpaired) electrons. The molecule has 0 fully saturated rings. The maximum Gasteiger partial charge on any atom is 0.213 e. The first-order valence-electron chi connectivity index (χ1n) is 8.72. The molecule has 5 nitrogen and oxygen atoms in total. The number of nitrogens with zero attached hydrogens (tertiary/aromatic N) is 2. The molecule has 2 aromatic carbocycles. The zero-order valence-electron chi connectivity index (χ0n) is 14.6. The molecule has 2 aliphatic heterocycles. The Balaban J connectivity index is 1.59. The fourth-order valence-corrected chi connectivity index (χ4v) is 3.82. The number of benzene rings is 2. The molecule has 6 heteroatoms. The lowest BCUT2D eigenvalue weighted by molar-refractivity contribution is -0.0190. The van der Waals surface area contributed by atoms with Gasteiger partial charge in [-0.3, -0.25) is 0 Å². The number of fused-ring (bicyclic) bond motifs is 3. The van der Waals surface area contributed by atoms with Gasteiger partial charge in [0, 0.05) is 22.6 Å². The van der Waals surface area contributed by atoms with Crippen molar-refractivity contribution < 1.29 is 13.9 Å². The van der Waals surface area contributed by atoms with Crippen molar-refractivity contribution in [2.24, 2.45) is 5.10 Å². The monoisotopic (exact) mass is 380 g/mol. The standard InChI is InChI=1S/C21H17ClN2O3/c1-25-15-7-4-13(5-8-15)21-24-18(12-17(23-24)20-3-2-10-26-20)16-11-14(22)6-9-19(16)27-21/h2-11,18,21H,12H2,1H3/t18-,21-/m0/s1. The third kappa shape index (κ3) is 2.75. The highest BCUT2D eigenvalue weighted by molar-refractivity contribution is 6.30. The van der Waals surface area contributed by atoms with Gasteiger partial charge >= 0.3 is 0 Å². The molecule has 0 aliphatic carbocycles. The summed E-state index contributed by atoms with van der Waals surface area (Å²) in [6, 6.07) is 17.4. The van der Waals surface area contributed by atoms with E-state index in [4.69, 9.17) is 30.6 Å². The minimum absolute atomic E-state index is 0.0413. The summed E-state index contributed by atoms with van der Waals surface area (Å²) in [7, 11) is 1.66. The average Bonchev–Trinajstić information content (AvgIpc) is 3.37. The molecule has 1 aromatic heterocycles. The topological polar surface area (TPSA) is 47.2 Å². The van der Waals surface area contributed by atoms with Crippen molar-refractivity contribution in [2.75, 3.05) is 7.11 Å². The van der Waals surface area contributed by atoms with Crippen LogP contribution in [0.2, 0.25) is 5.02 Å². The first-order valence-corrected chi connectivity index (χ1v) is 9.10. The molecule has 27 heavy (non-hydrogen) atoms. The minimum atomic E-state index is -0.331. The molecule has 0 bridgehead atoms. The van der Waals surface area contributed by atoms with E-state index >= 15 is 0 Å². The summed E-state index contributed by atoms with van der Waals surface area (Å²) in [5, 5.41) is 7.52. The van der Waals surface area contributed by atoms with Crippen molar-refractivity contribution in [1.82, 2.24) is 5.01 Å². The van der Waals surface area contributed by atoms with Gasteiger partial charge in [0.15, 0.2) is 0 Å². The molecule has 0 unspecified atom stereocenters. The summed E-state index contributed by atoms with van der Waals surface area (Å²) in [6.07, 6.45) is 2.07. The number of halogens is 1. The van der Waals surface area contributed by atoms with Crippen LogP contribution in [0, 0.1) is 0 Å². The minimum Gasteiger partial charge on any atom is -0.497 e. The predicted molar refractivity (Wildman–Crippen MR) is 102 cm³/mol. The van der Waals surface area contributed by atoms with Crippen LogP contribution in [0.15, 0.2) is 70.4 Å². The van der Waals surface area contributed by atoms with Gasteiger partial charge < -0.3 is 13.9 Å². The zero-order chi connectivity index (χ0) is 18.4. The second-order valence-electron chi connectivity index (χ2n) is 6.55. The molecule has 3 heterocycles. The molecule has 3 aromatic rings. The summed E-state index contributed by atoms with van der Waals surface area (Å²) in [5.41, 5.74) is 2.95. The largest absolute Gasteiger partial charge is 0.497 e. The quantitative estimate of drug-likeness (QED) is 0.627. The van der Waals surface area contributed by atoms with Crippen LogP contribution in [-0.2, 0) is 0 Å². The molecule has 136 valence electrons. The van der Waals surface area contributed by atoms with Crippen molar-refractivity contribution in [2.45, 2.75) is 18.7 Å². The van der Waals surface area contributed by atoms with Crippen molar-refractivity contribution in [3.05, 3.63) is 82.8 Å². The van der Waals surface area contributed by atoms with Crippen molar-refractivity contribution >= 4 is 17.3 Å². The van der Waals surface area contributed by atoms with Gasteiger partial charge in [0.05, 0.1) is 19.4 Å². The van der Waals surface area contributed by atoms with Crippen LogP contribution in [0.1, 0.15) is 35.6 Å². The predicted octanol–water partition coefficient (Wildman–Crippen LogP) is 5.18. The van der Waals surface area contributed by atoms with Gasteiger partial charge in [-0.2, -0.15) is 5.10 Å². The van der Waals surface area contributed by atoms with Crippen LogP contribution in [0.5, 0.6) is 11.5 Å². The summed E-state index contributed by atoms with van der Waals surface area (Å²) in [5.74, 6) is 2.42. The summed E-state index contributed by atoms with van der Waals surface area (Å²) in [4.78, 5) is 0. The van der Waals surface area contributed by atoms with E-state index in [9.17, 15) is 0 Å². The molecule has 2 atom stereocenters. The van der Waals surface area contributed by atoms with Gasteiger partial charge in [-0.15, -0.1) is 0 Å². The lowest BCUT2D eigenvalue weighted by atomic mass is 9.97. The molecule has 5 rings (SSSR count). The van der Waals surface area contributed by atoms with Gasteiger partial charge in [-0.05, 0) is 54.6 Å². The van der Waals surface area contributed by atoms with E-state index < -0.39 is 0 Å². The fraction of sp³-hybridized carbons (Fsp3) is 0.190. The normalized spacial score (nSPS) is 20.5. The highest BCUT2D eigenvalue weighted by atomic mass is 35.5. The Labute approximate surface area is 161 Å². The third-order valence-corrected chi connectivity index (χ3v) is 5.19. The Morgan fingerprint density at radius 1 is 1.15 bits per heavy atom. The Bertz CT molecular complexity index is 999. The number of hydrogen-bond donors (Lipinski definition) is 0. The smallest absolute Gasteiger partial charge is 0.213 e. The molecular weight excluding hydrogens is 364 g/mol. The summed E-state index contributed by atoms with van der Waals surface area (Å²) >= 11 is 6.25. The van der Waals surface area contributed by atoms with Crippen LogP contribution >= 0.6 is 11.6 Å². The summed E-state index contributed by atoms with van der Waals surface area (Å²) < 4.78 is 17.1. The highest BCUT2D eigenvalue weighted by Crippen LogP contribution is 2.48. The van der Waals surface area contributed by atoms with Gasteiger partial charge in [0.2, 0.25) is 6.23 Å². The highest BCUT2D eigenvalue weighted by Gasteiger charge is 2.41. The number of hydrogen-bond acceptors (Lipinski definition) is 5. The first-order chi connectivity index (χ1) is 13.2. The Morgan fingerprint density at radius 2 is 2.00 bits per heavy atom. The van der Waals surface area contributed by atoms with Crippen molar-refractivity contribution in [1.29, 1.82) is 0 Å². The van der Waals surface area contributed by atoms with Crippen LogP contribution in [0.3, 0.4) is 0 Å². The van der Waals surface area contributed by atoms with Gasteiger partial charge in [0.1, 0.15) is 23.0 Å². The van der Waals surface area contributed by atoms with E-state index in [2.05, 4.69) is 0 Å². The zero-order valence-corrected chi connectivity index (χ0v) is 15.4. The van der Waals surface area contributed by atoms with E-state index in [-0.39, 0.29) is 12.3 Å². The van der Waals surface area contributed by atoms with E-state index in [0.717, 1.165) is 40.5 Å². The molecular formula is C21H17ClN2O3. The Kier molecular flexibility index (Phi) is 3.83. The van der Waals surface area contributed by atoms with E-state index in [1.807, 2.05) is 59.6 Å². The van der Waals surface area contributed by atoms with Gasteiger partial charge in [0.25, 0.3) is 0 Å². The van der Waals surface area contributed by atoms with Crippen LogP contribution < -0.4 is 9.47 Å². The molecule has 0 saturated carbocycles. The fourth-order valence-electron chi connectivity index (χ4n) is 3.64. The molecule has 0 N–H and O–H groups in total. The number of ether oxygens (including phenoxy) is 2. The number of hydrazone groups is 1. The van der Waals surface area contributed by atoms with Crippen molar-refractivity contribution in [3.8, 4) is 11.5 Å². The van der Waals surface area contributed by atoms with Gasteiger partial charge in [-0.1, -0.05) is 11.6 Å². The second-order valence-corrected chi connectivity index (χ2v) is 6.99. The molecule has 0 saturated heterocycles. The molecule has 2 aliphatic rings. The Hall–Kier alpha value is -2.92. The molecule has 0 amide bonds.